The number of nitrogens with zero attached hydrogens (tertiary/aromatic N) is 3. The average molecular weight is 349 g/mol. The third kappa shape index (κ3) is 3.52. The number of hydrogen-bond acceptors (Lipinski definition) is 5. The van der Waals surface area contributed by atoms with E-state index in [1.165, 1.54) is 0 Å². The van der Waals surface area contributed by atoms with Crippen molar-refractivity contribution in [2.75, 3.05) is 52.0 Å². The lowest BCUT2D eigenvalue weighted by atomic mass is 10.1. The van der Waals surface area contributed by atoms with Gasteiger partial charge >= 0.3 is 0 Å². The van der Waals surface area contributed by atoms with Gasteiger partial charge in [-0.15, -0.1) is 11.8 Å². The third-order valence-electron chi connectivity index (χ3n) is 4.58. The Morgan fingerprint density at radius 3 is 2.50 bits per heavy atom. The second-order valence-electron chi connectivity index (χ2n) is 6.12. The molecule has 0 aromatic heterocycles. The van der Waals surface area contributed by atoms with Crippen molar-refractivity contribution in [1.82, 2.24) is 14.7 Å². The number of benzene rings is 1. The highest BCUT2D eigenvalue weighted by Crippen LogP contribution is 2.21. The van der Waals surface area contributed by atoms with Crippen molar-refractivity contribution in [3.05, 3.63) is 29.8 Å². The maximum absolute atomic E-state index is 12.6. The van der Waals surface area contributed by atoms with Crippen molar-refractivity contribution in [3.8, 4) is 5.75 Å². The van der Waals surface area contributed by atoms with Gasteiger partial charge in [0, 0.05) is 43.4 Å². The molecule has 2 aliphatic rings. The molecule has 0 saturated carbocycles. The molecule has 6 nitrogen and oxygen atoms in total. The molecule has 0 radical (unpaired) electrons. The number of carbonyl (C=O) groups is 2. The molecule has 1 atom stereocenters. The molecule has 2 heterocycles. The van der Waals surface area contributed by atoms with Crippen LogP contribution in [0, 0.1) is 0 Å². The predicted octanol–water partition coefficient (Wildman–Crippen LogP) is 0.984. The minimum atomic E-state index is -0.0179. The maximum Gasteiger partial charge on any atom is 0.254 e. The van der Waals surface area contributed by atoms with Gasteiger partial charge in [-0.3, -0.25) is 14.5 Å². The van der Waals surface area contributed by atoms with Gasteiger partial charge in [0.2, 0.25) is 5.91 Å². The molecule has 2 amide bonds. The van der Waals surface area contributed by atoms with Crippen molar-refractivity contribution in [2.24, 2.45) is 0 Å². The van der Waals surface area contributed by atoms with Crippen molar-refractivity contribution in [3.63, 3.8) is 0 Å². The van der Waals surface area contributed by atoms with Crippen molar-refractivity contribution in [1.29, 1.82) is 0 Å². The maximum atomic E-state index is 12.6. The molecule has 2 saturated heterocycles. The number of hydrogen-bond donors (Lipinski definition) is 0. The van der Waals surface area contributed by atoms with Gasteiger partial charge in [-0.1, -0.05) is 6.07 Å². The minimum Gasteiger partial charge on any atom is -0.497 e. The van der Waals surface area contributed by atoms with E-state index in [1.54, 1.807) is 31.0 Å². The summed E-state index contributed by atoms with van der Waals surface area (Å²) in [6.45, 7) is 2.35. The summed E-state index contributed by atoms with van der Waals surface area (Å²) < 4.78 is 5.18. The second kappa shape index (κ2) is 7.44. The van der Waals surface area contributed by atoms with E-state index >= 15 is 0 Å². The fraction of sp³-hybridized carbons (Fsp3) is 0.529. The van der Waals surface area contributed by atoms with E-state index in [-0.39, 0.29) is 17.9 Å². The fourth-order valence-corrected chi connectivity index (χ4v) is 4.26. The first-order chi connectivity index (χ1) is 11.6. The summed E-state index contributed by atoms with van der Waals surface area (Å²) in [6.07, 6.45) is 0. The minimum absolute atomic E-state index is 0.00506. The van der Waals surface area contributed by atoms with E-state index in [0.717, 1.165) is 11.6 Å². The number of carbonyl (C=O) groups excluding carboxylic acids is 2. The van der Waals surface area contributed by atoms with E-state index < -0.39 is 0 Å². The monoisotopic (exact) mass is 349 g/mol. The Balaban J connectivity index is 1.58. The van der Waals surface area contributed by atoms with Crippen LogP contribution in [0.1, 0.15) is 10.4 Å². The Kier molecular flexibility index (Phi) is 5.30. The van der Waals surface area contributed by atoms with Crippen LogP contribution >= 0.6 is 11.8 Å². The van der Waals surface area contributed by atoms with Crippen LogP contribution in [0.25, 0.3) is 0 Å². The molecule has 2 fully saturated rings. The number of methoxy groups -OCH3 is 1. The fourth-order valence-electron chi connectivity index (χ4n) is 3.06. The molecule has 1 aromatic rings. The molecular formula is C17H23N3O3S. The molecule has 130 valence electrons. The Bertz CT molecular complexity index is 617. The normalized spacial score (nSPS) is 21.8. The zero-order valence-corrected chi connectivity index (χ0v) is 14.9. The van der Waals surface area contributed by atoms with Crippen LogP contribution in [0.3, 0.4) is 0 Å². The lowest BCUT2D eigenvalue weighted by Gasteiger charge is -2.36. The highest BCUT2D eigenvalue weighted by Gasteiger charge is 2.34. The van der Waals surface area contributed by atoms with E-state index in [4.69, 9.17) is 4.74 Å². The van der Waals surface area contributed by atoms with Gasteiger partial charge in [-0.25, -0.2) is 0 Å². The smallest absolute Gasteiger partial charge is 0.254 e. The van der Waals surface area contributed by atoms with Crippen LogP contribution in [0.5, 0.6) is 5.75 Å². The summed E-state index contributed by atoms with van der Waals surface area (Å²) in [5, 5.41) is 0. The first-order valence-electron chi connectivity index (χ1n) is 8.10. The Morgan fingerprint density at radius 1 is 1.17 bits per heavy atom. The van der Waals surface area contributed by atoms with Gasteiger partial charge in [0.05, 0.1) is 13.2 Å². The molecule has 0 bridgehead atoms. The van der Waals surface area contributed by atoms with Crippen LogP contribution in [-0.2, 0) is 4.79 Å². The molecule has 2 aliphatic heterocycles. The topological polar surface area (TPSA) is 53.1 Å². The first-order valence-corrected chi connectivity index (χ1v) is 9.25. The summed E-state index contributed by atoms with van der Waals surface area (Å²) in [5.41, 5.74) is 0.626. The van der Waals surface area contributed by atoms with Gasteiger partial charge in [-0.05, 0) is 25.2 Å². The van der Waals surface area contributed by atoms with Gasteiger partial charge in [0.15, 0.2) is 0 Å². The van der Waals surface area contributed by atoms with Crippen molar-refractivity contribution < 1.29 is 14.3 Å². The number of ether oxygens (including phenoxy) is 1. The van der Waals surface area contributed by atoms with Crippen LogP contribution in [0.2, 0.25) is 0 Å². The predicted molar refractivity (Wildman–Crippen MR) is 94.4 cm³/mol. The molecule has 0 unspecified atom stereocenters. The van der Waals surface area contributed by atoms with Gasteiger partial charge in [0.1, 0.15) is 5.75 Å². The van der Waals surface area contributed by atoms with E-state index in [1.807, 2.05) is 29.0 Å². The Hall–Kier alpha value is -1.73. The van der Waals surface area contributed by atoms with Gasteiger partial charge in [0.25, 0.3) is 5.91 Å². The van der Waals surface area contributed by atoms with Crippen LogP contribution < -0.4 is 4.74 Å². The zero-order valence-electron chi connectivity index (χ0n) is 14.1. The van der Waals surface area contributed by atoms with Crippen LogP contribution in [0.15, 0.2) is 24.3 Å². The molecule has 1 aromatic carbocycles. The number of amides is 2. The zero-order chi connectivity index (χ0) is 17.1. The van der Waals surface area contributed by atoms with E-state index in [9.17, 15) is 9.59 Å². The number of likely N-dealkylation sites (N-methyl/N-ethyl adjacent to an activating group) is 1. The lowest BCUT2D eigenvalue weighted by Crippen LogP contribution is -2.54. The molecular weight excluding hydrogens is 326 g/mol. The Morgan fingerprint density at radius 2 is 1.88 bits per heavy atom. The van der Waals surface area contributed by atoms with Crippen molar-refractivity contribution >= 4 is 23.6 Å². The molecule has 0 N–H and O–H groups in total. The molecule has 7 heteroatoms. The number of piperazine rings is 1. The van der Waals surface area contributed by atoms with Crippen molar-refractivity contribution in [2.45, 2.75) is 6.04 Å². The average Bonchev–Trinajstić information content (AvgIpc) is 3.06. The van der Waals surface area contributed by atoms with Crippen LogP contribution in [-0.4, -0.2) is 84.5 Å². The number of rotatable bonds is 3. The summed E-state index contributed by atoms with van der Waals surface area (Å²) in [4.78, 5) is 31.0. The van der Waals surface area contributed by atoms with Gasteiger partial charge in [-0.2, -0.15) is 0 Å². The standard InChI is InChI=1S/C17H23N3O3S/c1-18-12-24-11-15(18)17(22)20-8-6-19(7-9-20)16(21)13-4-3-5-14(10-13)23-2/h3-5,10,15H,6-9,11-12H2,1-2H3/t15-/m0/s1. The lowest BCUT2D eigenvalue weighted by molar-refractivity contribution is -0.136. The third-order valence-corrected chi connectivity index (χ3v) is 5.72. The summed E-state index contributed by atoms with van der Waals surface area (Å²) >= 11 is 1.79. The summed E-state index contributed by atoms with van der Waals surface area (Å²) in [5.74, 6) is 2.63. The largest absolute Gasteiger partial charge is 0.497 e. The van der Waals surface area contributed by atoms with Crippen LogP contribution in [0.4, 0.5) is 0 Å². The van der Waals surface area contributed by atoms with E-state index in [0.29, 0.717) is 37.5 Å². The summed E-state index contributed by atoms with van der Waals surface area (Å²) in [6, 6.07) is 7.18. The molecule has 0 aliphatic carbocycles. The first kappa shape index (κ1) is 17.1. The number of thioether (sulfide) groups is 1. The molecule has 0 spiro atoms. The SMILES string of the molecule is COc1cccc(C(=O)N2CCN(C(=O)[C@@H]3CSCN3C)CC2)c1. The second-order valence-corrected chi connectivity index (χ2v) is 7.12. The van der Waals surface area contributed by atoms with Gasteiger partial charge < -0.3 is 14.5 Å². The Labute approximate surface area is 146 Å². The quantitative estimate of drug-likeness (QED) is 0.814. The highest BCUT2D eigenvalue weighted by molar-refractivity contribution is 7.99. The highest BCUT2D eigenvalue weighted by atomic mass is 32.2. The van der Waals surface area contributed by atoms with E-state index in [2.05, 4.69) is 4.90 Å². The summed E-state index contributed by atoms with van der Waals surface area (Å²) in [7, 11) is 3.58. The molecule has 3 rings (SSSR count). The molecule has 24 heavy (non-hydrogen) atoms.